The summed E-state index contributed by atoms with van der Waals surface area (Å²) in [7, 11) is -3.51. The van der Waals surface area contributed by atoms with E-state index < -0.39 is 16.0 Å². The highest BCUT2D eigenvalue weighted by molar-refractivity contribution is 7.89. The van der Waals surface area contributed by atoms with Crippen LogP contribution in [0.5, 0.6) is 0 Å². The molecule has 1 saturated heterocycles. The second-order valence-electron chi connectivity index (χ2n) is 13.9. The Morgan fingerprint density at radius 1 is 0.863 bits per heavy atom. The van der Waals surface area contributed by atoms with Crippen LogP contribution in [-0.2, 0) is 29.3 Å². The standard InChI is InChI=1S/C42H48ClN3O4S/c1-30-11-9-12-31(2)45(30)27-28-51(49,50)44-26-25-40-37(18-10-13-32-19-21-35(22-20-32)42(47)48)38-29-36(43)23-24-39(38)46(40)41(33-14-5-3-6-15-33)34-16-7-4-8-17-34/h3-8,14-17,19-24,29-31,41,44H,9-13,18,25-28H2,1-2H3,(H,47,48). The van der Waals surface area contributed by atoms with E-state index in [2.05, 4.69) is 82.6 Å². The number of nitrogens with one attached hydrogen (secondary N) is 1. The van der Waals surface area contributed by atoms with Crippen LogP contribution in [0.25, 0.3) is 10.9 Å². The van der Waals surface area contributed by atoms with Gasteiger partial charge in [-0.05, 0) is 98.5 Å². The normalized spacial score (nSPS) is 16.9. The topological polar surface area (TPSA) is 91.6 Å². The van der Waals surface area contributed by atoms with Crippen molar-refractivity contribution in [3.63, 3.8) is 0 Å². The Balaban J connectivity index is 1.35. The second kappa shape index (κ2) is 16.6. The number of sulfonamides is 1. The molecule has 0 amide bonds. The molecule has 0 aliphatic carbocycles. The molecule has 5 aromatic rings. The van der Waals surface area contributed by atoms with E-state index in [4.69, 9.17) is 11.6 Å². The number of rotatable bonds is 15. The Kier molecular flexibility index (Phi) is 12.0. The molecule has 1 aliphatic heterocycles. The smallest absolute Gasteiger partial charge is 0.335 e. The average molecular weight is 726 g/mol. The van der Waals surface area contributed by atoms with Crippen molar-refractivity contribution < 1.29 is 18.3 Å². The van der Waals surface area contributed by atoms with Crippen molar-refractivity contribution in [3.8, 4) is 0 Å². The fourth-order valence-electron chi connectivity index (χ4n) is 7.83. The molecule has 4 aromatic carbocycles. The summed E-state index contributed by atoms with van der Waals surface area (Å²) in [4.78, 5) is 13.7. The number of benzene rings is 4. The average Bonchev–Trinajstić information content (AvgIpc) is 3.40. The highest BCUT2D eigenvalue weighted by atomic mass is 35.5. The molecule has 1 aromatic heterocycles. The molecule has 1 aliphatic rings. The molecule has 1 fully saturated rings. The predicted octanol–water partition coefficient (Wildman–Crippen LogP) is 8.53. The SMILES string of the molecule is CC1CCCC(C)N1CCS(=O)(=O)NCCc1c(CCCc2ccc(C(=O)O)cc2)c2cc(Cl)ccc2n1C(c1ccccc1)c1ccccc1. The van der Waals surface area contributed by atoms with Gasteiger partial charge >= 0.3 is 5.97 Å². The minimum atomic E-state index is -3.51. The largest absolute Gasteiger partial charge is 0.478 e. The molecule has 0 radical (unpaired) electrons. The number of hydrogen-bond donors (Lipinski definition) is 2. The number of fused-ring (bicyclic) bond motifs is 1. The van der Waals surface area contributed by atoms with Gasteiger partial charge in [0, 0.05) is 53.2 Å². The molecule has 9 heteroatoms. The lowest BCUT2D eigenvalue weighted by atomic mass is 9.97. The van der Waals surface area contributed by atoms with Gasteiger partial charge in [-0.2, -0.15) is 0 Å². The summed E-state index contributed by atoms with van der Waals surface area (Å²) in [5.74, 6) is -0.863. The highest BCUT2D eigenvalue weighted by Crippen LogP contribution is 2.38. The molecule has 51 heavy (non-hydrogen) atoms. The summed E-state index contributed by atoms with van der Waals surface area (Å²) < 4.78 is 32.2. The van der Waals surface area contributed by atoms with E-state index in [-0.39, 0.29) is 23.9 Å². The maximum atomic E-state index is 13.4. The summed E-state index contributed by atoms with van der Waals surface area (Å²) in [5.41, 5.74) is 6.88. The number of likely N-dealkylation sites (tertiary alicyclic amines) is 1. The summed E-state index contributed by atoms with van der Waals surface area (Å²) in [6, 6.07) is 34.6. The lowest BCUT2D eigenvalue weighted by molar-refractivity contribution is 0.0697. The number of hydrogen-bond acceptors (Lipinski definition) is 4. The van der Waals surface area contributed by atoms with Crippen molar-refractivity contribution in [2.75, 3.05) is 18.8 Å². The van der Waals surface area contributed by atoms with Crippen LogP contribution in [0, 0.1) is 0 Å². The van der Waals surface area contributed by atoms with Crippen LogP contribution in [-0.4, -0.2) is 59.9 Å². The molecule has 2 heterocycles. The van der Waals surface area contributed by atoms with E-state index in [0.717, 1.165) is 71.0 Å². The number of aromatic carboxylic acids is 1. The fourth-order valence-corrected chi connectivity index (χ4v) is 9.01. The number of carboxylic acids is 1. The molecule has 0 spiro atoms. The van der Waals surface area contributed by atoms with Crippen LogP contribution >= 0.6 is 11.6 Å². The van der Waals surface area contributed by atoms with Gasteiger partial charge in [0.2, 0.25) is 10.0 Å². The second-order valence-corrected chi connectivity index (χ2v) is 16.2. The van der Waals surface area contributed by atoms with Gasteiger partial charge in [-0.15, -0.1) is 0 Å². The molecule has 268 valence electrons. The quantitative estimate of drug-likeness (QED) is 0.113. The lowest BCUT2D eigenvalue weighted by Gasteiger charge is -2.38. The van der Waals surface area contributed by atoms with Gasteiger partial charge in [-0.1, -0.05) is 90.8 Å². The molecule has 2 atom stereocenters. The number of aryl methyl sites for hydroxylation is 2. The third kappa shape index (κ3) is 8.93. The number of carboxylic acid groups (broad SMARTS) is 1. The molecular formula is C42H48ClN3O4S. The number of aromatic nitrogens is 1. The van der Waals surface area contributed by atoms with Crippen molar-refractivity contribution in [1.29, 1.82) is 0 Å². The summed E-state index contributed by atoms with van der Waals surface area (Å²) in [5, 5.41) is 11.0. The number of piperidine rings is 1. The Hall–Kier alpha value is -3.95. The van der Waals surface area contributed by atoms with Crippen LogP contribution in [0.3, 0.4) is 0 Å². The third-order valence-electron chi connectivity index (χ3n) is 10.4. The van der Waals surface area contributed by atoms with Crippen molar-refractivity contribution in [2.24, 2.45) is 0 Å². The maximum absolute atomic E-state index is 13.4. The van der Waals surface area contributed by atoms with Gasteiger partial charge in [0.05, 0.1) is 17.4 Å². The summed E-state index contributed by atoms with van der Waals surface area (Å²) >= 11 is 6.67. The van der Waals surface area contributed by atoms with Gasteiger partial charge in [-0.25, -0.2) is 17.9 Å². The first-order valence-corrected chi connectivity index (χ1v) is 20.1. The van der Waals surface area contributed by atoms with Crippen LogP contribution < -0.4 is 4.72 Å². The van der Waals surface area contributed by atoms with E-state index in [9.17, 15) is 18.3 Å². The highest BCUT2D eigenvalue weighted by Gasteiger charge is 2.28. The number of nitrogens with zero attached hydrogens (tertiary/aromatic N) is 2. The monoisotopic (exact) mass is 725 g/mol. The third-order valence-corrected chi connectivity index (χ3v) is 12.0. The van der Waals surface area contributed by atoms with Crippen molar-refractivity contribution >= 4 is 38.5 Å². The van der Waals surface area contributed by atoms with Gasteiger partial charge in [0.15, 0.2) is 0 Å². The molecule has 2 unspecified atom stereocenters. The minimum Gasteiger partial charge on any atom is -0.478 e. The van der Waals surface area contributed by atoms with E-state index in [1.54, 1.807) is 12.1 Å². The molecule has 7 nitrogen and oxygen atoms in total. The summed E-state index contributed by atoms with van der Waals surface area (Å²) in [6.07, 6.45) is 6.24. The zero-order chi connectivity index (χ0) is 36.0. The van der Waals surface area contributed by atoms with Crippen LogP contribution in [0.15, 0.2) is 103 Å². The summed E-state index contributed by atoms with van der Waals surface area (Å²) in [6.45, 7) is 5.20. The van der Waals surface area contributed by atoms with E-state index in [1.807, 2.05) is 36.4 Å². The number of carbonyl (C=O) groups is 1. The number of halogens is 1. The zero-order valence-electron chi connectivity index (χ0n) is 29.5. The first-order valence-electron chi connectivity index (χ1n) is 18.1. The Morgan fingerprint density at radius 3 is 2.10 bits per heavy atom. The van der Waals surface area contributed by atoms with Crippen molar-refractivity contribution in [1.82, 2.24) is 14.2 Å². The molecule has 2 N–H and O–H groups in total. The van der Waals surface area contributed by atoms with Gasteiger partial charge < -0.3 is 9.67 Å². The van der Waals surface area contributed by atoms with Gasteiger partial charge in [0.1, 0.15) is 0 Å². The minimum absolute atomic E-state index is 0.0739. The van der Waals surface area contributed by atoms with E-state index in [1.165, 1.54) is 6.42 Å². The van der Waals surface area contributed by atoms with Crippen molar-refractivity contribution in [3.05, 3.63) is 142 Å². The van der Waals surface area contributed by atoms with E-state index >= 15 is 0 Å². The Morgan fingerprint density at radius 2 is 1.49 bits per heavy atom. The van der Waals surface area contributed by atoms with Crippen molar-refractivity contribution in [2.45, 2.75) is 76.9 Å². The zero-order valence-corrected chi connectivity index (χ0v) is 31.0. The molecule has 0 bridgehead atoms. The van der Waals surface area contributed by atoms with Crippen LogP contribution in [0.4, 0.5) is 0 Å². The van der Waals surface area contributed by atoms with E-state index in [0.29, 0.717) is 30.1 Å². The molecular weight excluding hydrogens is 678 g/mol. The molecule has 6 rings (SSSR count). The predicted molar refractivity (Wildman–Crippen MR) is 207 cm³/mol. The lowest BCUT2D eigenvalue weighted by Crippen LogP contribution is -2.46. The molecule has 0 saturated carbocycles. The first kappa shape index (κ1) is 36.8. The fraction of sp³-hybridized carbons (Fsp3) is 0.357. The van der Waals surface area contributed by atoms with Crippen LogP contribution in [0.1, 0.15) is 83.9 Å². The Bertz CT molecular complexity index is 1980. The Labute approximate surface area is 307 Å². The first-order chi connectivity index (χ1) is 24.6. The maximum Gasteiger partial charge on any atom is 0.335 e. The van der Waals surface area contributed by atoms with Gasteiger partial charge in [0.25, 0.3) is 0 Å². The van der Waals surface area contributed by atoms with Crippen LogP contribution in [0.2, 0.25) is 5.02 Å². The van der Waals surface area contributed by atoms with Gasteiger partial charge in [-0.3, -0.25) is 4.90 Å².